The van der Waals surface area contributed by atoms with Gasteiger partial charge in [-0.3, -0.25) is 9.13 Å². The quantitative estimate of drug-likeness (QED) is 0.187. The van der Waals surface area contributed by atoms with Crippen LogP contribution in [0, 0.1) is 0 Å². The lowest BCUT2D eigenvalue weighted by atomic mass is 10.1. The van der Waals surface area contributed by atoms with E-state index >= 15 is 0 Å². The Hall–Kier alpha value is -6.65. The Bertz CT molecular complexity index is 2790. The largest absolute Gasteiger partial charge is 0.309 e. The normalized spacial score (nSPS) is 11.7. The number of benzene rings is 7. The van der Waals surface area contributed by atoms with Gasteiger partial charge in [0.15, 0.2) is 5.65 Å². The molecule has 0 saturated carbocycles. The van der Waals surface area contributed by atoms with E-state index < -0.39 is 0 Å². The average Bonchev–Trinajstić information content (AvgIpc) is 3.82. The van der Waals surface area contributed by atoms with Crippen molar-refractivity contribution in [1.82, 2.24) is 18.7 Å². The number of imidazole rings is 1. The van der Waals surface area contributed by atoms with E-state index in [4.69, 9.17) is 4.98 Å². The van der Waals surface area contributed by atoms with Gasteiger partial charge in [0.1, 0.15) is 11.3 Å². The molecule has 10 rings (SSSR count). The van der Waals surface area contributed by atoms with Crippen LogP contribution in [0.25, 0.3) is 83.4 Å². The zero-order chi connectivity index (χ0) is 32.3. The molecule has 230 valence electrons. The summed E-state index contributed by atoms with van der Waals surface area (Å²) >= 11 is 0. The van der Waals surface area contributed by atoms with Gasteiger partial charge in [0.05, 0.1) is 16.6 Å². The molecule has 0 aliphatic heterocycles. The van der Waals surface area contributed by atoms with Crippen LogP contribution in [0.1, 0.15) is 0 Å². The number of aromatic nitrogens is 4. The Morgan fingerprint density at radius 1 is 0.327 bits per heavy atom. The van der Waals surface area contributed by atoms with Crippen molar-refractivity contribution in [2.45, 2.75) is 0 Å². The lowest BCUT2D eigenvalue weighted by molar-refractivity contribution is 1.10. The molecule has 0 spiro atoms. The average molecular weight is 627 g/mol. The maximum Gasteiger partial charge on any atom is 0.165 e. The van der Waals surface area contributed by atoms with E-state index in [1.54, 1.807) is 0 Å². The van der Waals surface area contributed by atoms with Crippen molar-refractivity contribution in [3.63, 3.8) is 0 Å². The number of nitrogens with zero attached hydrogens (tertiary/aromatic N) is 4. The predicted molar refractivity (Wildman–Crippen MR) is 203 cm³/mol. The van der Waals surface area contributed by atoms with Gasteiger partial charge < -0.3 is 4.57 Å². The van der Waals surface area contributed by atoms with E-state index in [-0.39, 0.29) is 0 Å². The summed E-state index contributed by atoms with van der Waals surface area (Å²) in [7, 11) is 0. The Morgan fingerprint density at radius 2 is 0.857 bits per heavy atom. The molecule has 0 aliphatic carbocycles. The number of hydrogen-bond acceptors (Lipinski definition) is 1. The third kappa shape index (κ3) is 4.28. The first kappa shape index (κ1) is 27.5. The SMILES string of the molecule is c1ccc(-c2cccc(-n3c4ccccc4c4cc5c(cc43)c3c(nc(-c4ccccc4)n3-c3ccccc3)n5-c3ccccc3)c2)cc1. The van der Waals surface area contributed by atoms with E-state index in [0.29, 0.717) is 0 Å². The molecular formula is C45H30N4. The molecule has 0 aliphatic rings. The lowest BCUT2D eigenvalue weighted by Gasteiger charge is -2.12. The van der Waals surface area contributed by atoms with Gasteiger partial charge in [-0.05, 0) is 65.7 Å². The smallest absolute Gasteiger partial charge is 0.165 e. The Balaban J connectivity index is 1.36. The van der Waals surface area contributed by atoms with Crippen LogP contribution in [0.15, 0.2) is 182 Å². The summed E-state index contributed by atoms with van der Waals surface area (Å²) in [5.74, 6) is 0.916. The minimum atomic E-state index is 0.916. The van der Waals surface area contributed by atoms with Crippen LogP contribution < -0.4 is 0 Å². The molecule has 49 heavy (non-hydrogen) atoms. The van der Waals surface area contributed by atoms with E-state index in [9.17, 15) is 0 Å². The standard InChI is InChI=1S/C45H30N4/c1-5-16-31(17-6-1)33-20-15-25-36(28-33)47-40-27-14-13-26-37(40)38-29-42-39(30-41(38)47)43-45(48(42)34-21-9-3-10-22-34)46-44(32-18-7-2-8-19-32)49(43)35-23-11-4-12-24-35/h1-30H. The molecular weight excluding hydrogens is 597 g/mol. The first-order valence-corrected chi connectivity index (χ1v) is 16.7. The molecule has 10 aromatic rings. The van der Waals surface area contributed by atoms with Gasteiger partial charge >= 0.3 is 0 Å². The fourth-order valence-electron chi connectivity index (χ4n) is 7.48. The van der Waals surface area contributed by atoms with Crippen molar-refractivity contribution in [2.75, 3.05) is 0 Å². The summed E-state index contributed by atoms with van der Waals surface area (Å²) in [6.45, 7) is 0. The van der Waals surface area contributed by atoms with Crippen LogP contribution in [0.4, 0.5) is 0 Å². The van der Waals surface area contributed by atoms with Crippen molar-refractivity contribution in [1.29, 1.82) is 0 Å². The van der Waals surface area contributed by atoms with Crippen LogP contribution >= 0.6 is 0 Å². The second-order valence-corrected chi connectivity index (χ2v) is 12.5. The minimum absolute atomic E-state index is 0.916. The van der Waals surface area contributed by atoms with Gasteiger partial charge in [-0.2, -0.15) is 0 Å². The van der Waals surface area contributed by atoms with Gasteiger partial charge in [0.2, 0.25) is 0 Å². The Morgan fingerprint density at radius 3 is 1.57 bits per heavy atom. The first-order valence-electron chi connectivity index (χ1n) is 16.7. The molecule has 7 aromatic carbocycles. The maximum absolute atomic E-state index is 5.46. The van der Waals surface area contributed by atoms with Gasteiger partial charge in [-0.15, -0.1) is 0 Å². The monoisotopic (exact) mass is 626 g/mol. The molecule has 0 N–H and O–H groups in total. The van der Waals surface area contributed by atoms with Gasteiger partial charge in [0.25, 0.3) is 0 Å². The zero-order valence-electron chi connectivity index (χ0n) is 26.6. The van der Waals surface area contributed by atoms with E-state index in [2.05, 4.69) is 196 Å². The second-order valence-electron chi connectivity index (χ2n) is 12.5. The molecule has 0 saturated heterocycles. The van der Waals surface area contributed by atoms with E-state index in [1.165, 1.54) is 27.4 Å². The number of hydrogen-bond donors (Lipinski definition) is 0. The zero-order valence-corrected chi connectivity index (χ0v) is 26.6. The molecule has 0 radical (unpaired) electrons. The van der Waals surface area contributed by atoms with Crippen molar-refractivity contribution < 1.29 is 0 Å². The fourth-order valence-corrected chi connectivity index (χ4v) is 7.48. The third-order valence-electron chi connectivity index (χ3n) is 9.63. The van der Waals surface area contributed by atoms with Crippen LogP contribution in [0.5, 0.6) is 0 Å². The molecule has 3 heterocycles. The maximum atomic E-state index is 5.46. The van der Waals surface area contributed by atoms with Crippen LogP contribution in [-0.4, -0.2) is 18.7 Å². The van der Waals surface area contributed by atoms with Crippen LogP contribution in [0.2, 0.25) is 0 Å². The van der Waals surface area contributed by atoms with Crippen LogP contribution in [0.3, 0.4) is 0 Å². The highest BCUT2D eigenvalue weighted by Gasteiger charge is 2.25. The van der Waals surface area contributed by atoms with E-state index in [0.717, 1.165) is 56.0 Å². The van der Waals surface area contributed by atoms with Gasteiger partial charge in [0, 0.05) is 38.8 Å². The predicted octanol–water partition coefficient (Wildman–Crippen LogP) is 11.4. The number of fused-ring (bicyclic) bond motifs is 6. The molecule has 0 fully saturated rings. The fraction of sp³-hybridized carbons (Fsp3) is 0. The first-order chi connectivity index (χ1) is 24.3. The minimum Gasteiger partial charge on any atom is -0.309 e. The number of rotatable bonds is 5. The van der Waals surface area contributed by atoms with Gasteiger partial charge in [-0.1, -0.05) is 127 Å². The molecule has 0 atom stereocenters. The van der Waals surface area contributed by atoms with Crippen LogP contribution in [-0.2, 0) is 0 Å². The topological polar surface area (TPSA) is 27.7 Å². The third-order valence-corrected chi connectivity index (χ3v) is 9.63. The van der Waals surface area contributed by atoms with Crippen molar-refractivity contribution in [2.24, 2.45) is 0 Å². The molecule has 3 aromatic heterocycles. The van der Waals surface area contributed by atoms with Crippen molar-refractivity contribution in [3.05, 3.63) is 182 Å². The highest BCUT2D eigenvalue weighted by molar-refractivity contribution is 6.18. The molecule has 4 nitrogen and oxygen atoms in total. The molecule has 4 heteroatoms. The summed E-state index contributed by atoms with van der Waals surface area (Å²) in [4.78, 5) is 5.46. The number of para-hydroxylation sites is 3. The lowest BCUT2D eigenvalue weighted by Crippen LogP contribution is -1.98. The van der Waals surface area contributed by atoms with Crippen molar-refractivity contribution in [3.8, 4) is 39.6 Å². The summed E-state index contributed by atoms with van der Waals surface area (Å²) in [5.41, 5.74) is 12.2. The molecule has 0 amide bonds. The van der Waals surface area contributed by atoms with Crippen molar-refractivity contribution >= 4 is 43.9 Å². The highest BCUT2D eigenvalue weighted by atomic mass is 15.2. The molecule has 0 bridgehead atoms. The van der Waals surface area contributed by atoms with Gasteiger partial charge in [-0.25, -0.2) is 4.98 Å². The second kappa shape index (κ2) is 11.0. The summed E-state index contributed by atoms with van der Waals surface area (Å²) < 4.78 is 7.09. The van der Waals surface area contributed by atoms with E-state index in [1.807, 2.05) is 0 Å². The Kier molecular flexibility index (Phi) is 6.15. The summed E-state index contributed by atoms with van der Waals surface area (Å²) in [6.07, 6.45) is 0. The molecule has 0 unspecified atom stereocenters. The Labute approximate surface area is 283 Å². The summed E-state index contributed by atoms with van der Waals surface area (Å²) in [5, 5.41) is 3.58. The summed E-state index contributed by atoms with van der Waals surface area (Å²) in [6, 6.07) is 64.7. The highest BCUT2D eigenvalue weighted by Crippen LogP contribution is 2.42.